The number of carboxylic acid groups (broad SMARTS) is 1. The third kappa shape index (κ3) is 3.23. The third-order valence-electron chi connectivity index (χ3n) is 2.64. The number of carbonyl (C=O) groups excluding carboxylic acids is 1. The molecule has 0 fully saturated rings. The lowest BCUT2D eigenvalue weighted by molar-refractivity contribution is -0.146. The van der Waals surface area contributed by atoms with E-state index < -0.39 is 11.4 Å². The molecule has 1 aromatic carbocycles. The Morgan fingerprint density at radius 2 is 2.00 bits per heavy atom. The number of hydrogen-bond acceptors (Lipinski definition) is 3. The number of ether oxygens (including phenoxy) is 1. The first kappa shape index (κ1) is 14.5. The predicted octanol–water partition coefficient (Wildman–Crippen LogP) is 3.03. The Kier molecular flexibility index (Phi) is 4.35. The summed E-state index contributed by atoms with van der Waals surface area (Å²) in [4.78, 5) is 23.1. The van der Waals surface area contributed by atoms with E-state index in [4.69, 9.17) is 21.4 Å². The average Bonchev–Trinajstić information content (AvgIpc) is 2.28. The van der Waals surface area contributed by atoms with Gasteiger partial charge in [-0.15, -0.1) is 0 Å². The molecule has 0 aliphatic heterocycles. The summed E-state index contributed by atoms with van der Waals surface area (Å²) in [7, 11) is 1.45. The van der Waals surface area contributed by atoms with Crippen molar-refractivity contribution in [1.29, 1.82) is 0 Å². The van der Waals surface area contributed by atoms with Crippen molar-refractivity contribution in [3.63, 3.8) is 0 Å². The first-order valence-corrected chi connectivity index (χ1v) is 5.76. The van der Waals surface area contributed by atoms with Crippen LogP contribution in [0.4, 0.5) is 0 Å². The van der Waals surface area contributed by atoms with Crippen LogP contribution in [0, 0.1) is 5.41 Å². The molecule has 0 amide bonds. The number of aliphatic carboxylic acids is 1. The average molecular weight is 271 g/mol. The maximum atomic E-state index is 12.1. The summed E-state index contributed by atoms with van der Waals surface area (Å²) in [6.07, 6.45) is -0.112. The summed E-state index contributed by atoms with van der Waals surface area (Å²) >= 11 is 5.83. The minimum atomic E-state index is -1.12. The molecule has 1 aromatic rings. The minimum Gasteiger partial charge on any atom is -0.496 e. The second-order valence-corrected chi connectivity index (χ2v) is 5.07. The minimum absolute atomic E-state index is 0.112. The highest BCUT2D eigenvalue weighted by molar-refractivity contribution is 6.31. The highest BCUT2D eigenvalue weighted by atomic mass is 35.5. The molecule has 5 heteroatoms. The zero-order valence-electron chi connectivity index (χ0n) is 10.5. The number of hydrogen-bond donors (Lipinski definition) is 1. The second-order valence-electron chi connectivity index (χ2n) is 4.63. The summed E-state index contributed by atoms with van der Waals surface area (Å²) in [5.41, 5.74) is -0.816. The zero-order chi connectivity index (χ0) is 13.9. The summed E-state index contributed by atoms with van der Waals surface area (Å²) in [6.45, 7) is 3.01. The van der Waals surface area contributed by atoms with Crippen LogP contribution in [0.1, 0.15) is 30.6 Å². The molecular weight excluding hydrogens is 256 g/mol. The summed E-state index contributed by atoms with van der Waals surface area (Å²) in [6, 6.07) is 4.68. The molecule has 0 atom stereocenters. The van der Waals surface area contributed by atoms with Gasteiger partial charge in [0.2, 0.25) is 0 Å². The van der Waals surface area contributed by atoms with Crippen LogP contribution in [0.15, 0.2) is 18.2 Å². The Hall–Kier alpha value is -1.55. The van der Waals surface area contributed by atoms with Crippen molar-refractivity contribution in [3.8, 4) is 5.75 Å². The largest absolute Gasteiger partial charge is 0.496 e. The molecule has 0 saturated carbocycles. The normalized spacial score (nSPS) is 11.1. The molecule has 4 nitrogen and oxygen atoms in total. The summed E-state index contributed by atoms with van der Waals surface area (Å²) < 4.78 is 5.07. The number of methoxy groups -OCH3 is 1. The zero-order valence-corrected chi connectivity index (χ0v) is 11.2. The molecule has 1 N–H and O–H groups in total. The molecule has 98 valence electrons. The van der Waals surface area contributed by atoms with Crippen molar-refractivity contribution in [2.45, 2.75) is 20.3 Å². The van der Waals surface area contributed by atoms with Crippen molar-refractivity contribution >= 4 is 23.4 Å². The van der Waals surface area contributed by atoms with Crippen LogP contribution in [-0.4, -0.2) is 24.0 Å². The lowest BCUT2D eigenvalue weighted by atomic mass is 9.85. The van der Waals surface area contributed by atoms with E-state index in [2.05, 4.69) is 0 Å². The standard InChI is InChI=1S/C13H15ClO4/c1-13(2,12(16)17)7-10(15)9-6-8(14)4-5-11(9)18-3/h4-6H,7H2,1-3H3,(H,16,17). The van der Waals surface area contributed by atoms with Gasteiger partial charge in [0.15, 0.2) is 5.78 Å². The molecular formula is C13H15ClO4. The van der Waals surface area contributed by atoms with E-state index in [1.54, 1.807) is 12.1 Å². The Balaban J connectivity index is 3.04. The maximum absolute atomic E-state index is 12.1. The van der Waals surface area contributed by atoms with E-state index in [1.807, 2.05) is 0 Å². The van der Waals surface area contributed by atoms with Crippen molar-refractivity contribution in [3.05, 3.63) is 28.8 Å². The van der Waals surface area contributed by atoms with Gasteiger partial charge in [-0.25, -0.2) is 0 Å². The number of carboxylic acids is 1. The van der Waals surface area contributed by atoms with Crippen LogP contribution < -0.4 is 4.74 Å². The van der Waals surface area contributed by atoms with Crippen LogP contribution in [0.5, 0.6) is 5.75 Å². The SMILES string of the molecule is COc1ccc(Cl)cc1C(=O)CC(C)(C)C(=O)O. The smallest absolute Gasteiger partial charge is 0.309 e. The molecule has 0 saturated heterocycles. The van der Waals surface area contributed by atoms with Crippen LogP contribution in [-0.2, 0) is 4.79 Å². The topological polar surface area (TPSA) is 63.6 Å². The molecule has 0 bridgehead atoms. The lowest BCUT2D eigenvalue weighted by Crippen LogP contribution is -2.27. The van der Waals surface area contributed by atoms with Gasteiger partial charge in [-0.2, -0.15) is 0 Å². The van der Waals surface area contributed by atoms with Gasteiger partial charge in [-0.05, 0) is 32.0 Å². The molecule has 0 heterocycles. The van der Waals surface area contributed by atoms with Crippen LogP contribution in [0.2, 0.25) is 5.02 Å². The van der Waals surface area contributed by atoms with Gasteiger partial charge in [-0.1, -0.05) is 11.6 Å². The monoisotopic (exact) mass is 270 g/mol. The Morgan fingerprint density at radius 1 is 1.39 bits per heavy atom. The van der Waals surface area contributed by atoms with Gasteiger partial charge in [0, 0.05) is 11.4 Å². The quantitative estimate of drug-likeness (QED) is 0.836. The first-order valence-electron chi connectivity index (χ1n) is 5.38. The first-order chi connectivity index (χ1) is 8.27. The van der Waals surface area contributed by atoms with Gasteiger partial charge in [0.05, 0.1) is 18.1 Å². The number of halogens is 1. The van der Waals surface area contributed by atoms with E-state index in [9.17, 15) is 9.59 Å². The molecule has 0 spiro atoms. The van der Waals surface area contributed by atoms with E-state index in [0.717, 1.165) is 0 Å². The highest BCUT2D eigenvalue weighted by Crippen LogP contribution is 2.28. The van der Waals surface area contributed by atoms with Crippen LogP contribution >= 0.6 is 11.6 Å². The van der Waals surface area contributed by atoms with Gasteiger partial charge >= 0.3 is 5.97 Å². The molecule has 1 rings (SSSR count). The number of ketones is 1. The summed E-state index contributed by atoms with van der Waals surface area (Å²) in [5.74, 6) is -0.927. The predicted molar refractivity (Wildman–Crippen MR) is 68.4 cm³/mol. The van der Waals surface area contributed by atoms with Gasteiger partial charge < -0.3 is 9.84 Å². The van der Waals surface area contributed by atoms with Gasteiger partial charge in [0.25, 0.3) is 0 Å². The molecule has 0 aromatic heterocycles. The van der Waals surface area contributed by atoms with Crippen molar-refractivity contribution in [2.24, 2.45) is 5.41 Å². The Labute approximate surface area is 111 Å². The fraction of sp³-hybridized carbons (Fsp3) is 0.385. The second kappa shape index (κ2) is 5.40. The maximum Gasteiger partial charge on any atom is 0.309 e. The number of carbonyl (C=O) groups is 2. The number of benzene rings is 1. The molecule has 0 aliphatic rings. The highest BCUT2D eigenvalue weighted by Gasteiger charge is 2.31. The van der Waals surface area contributed by atoms with Crippen molar-refractivity contribution in [2.75, 3.05) is 7.11 Å². The van der Waals surface area contributed by atoms with Gasteiger partial charge in [0.1, 0.15) is 5.75 Å². The molecule has 0 unspecified atom stereocenters. The molecule has 0 radical (unpaired) electrons. The molecule has 0 aliphatic carbocycles. The van der Waals surface area contributed by atoms with Crippen molar-refractivity contribution < 1.29 is 19.4 Å². The Bertz CT molecular complexity index is 480. The number of rotatable bonds is 5. The van der Waals surface area contributed by atoms with E-state index >= 15 is 0 Å². The molecule has 18 heavy (non-hydrogen) atoms. The fourth-order valence-corrected chi connectivity index (χ4v) is 1.64. The number of Topliss-reactive ketones (excluding diaryl/α,β-unsaturated/α-hetero) is 1. The third-order valence-corrected chi connectivity index (χ3v) is 2.88. The van der Waals surface area contributed by atoms with E-state index in [-0.39, 0.29) is 12.2 Å². The Morgan fingerprint density at radius 3 is 2.50 bits per heavy atom. The van der Waals surface area contributed by atoms with Gasteiger partial charge in [-0.3, -0.25) is 9.59 Å². The summed E-state index contributed by atoms with van der Waals surface area (Å²) in [5, 5.41) is 9.42. The van der Waals surface area contributed by atoms with Crippen molar-refractivity contribution in [1.82, 2.24) is 0 Å². The van der Waals surface area contributed by atoms with E-state index in [1.165, 1.54) is 27.0 Å². The fourth-order valence-electron chi connectivity index (χ4n) is 1.47. The van der Waals surface area contributed by atoms with E-state index in [0.29, 0.717) is 16.3 Å². The van der Waals surface area contributed by atoms with Crippen LogP contribution in [0.3, 0.4) is 0 Å². The van der Waals surface area contributed by atoms with Crippen LogP contribution in [0.25, 0.3) is 0 Å². The lowest BCUT2D eigenvalue weighted by Gasteiger charge is -2.18.